The molecule has 0 aliphatic heterocycles. The van der Waals surface area contributed by atoms with Crippen LogP contribution in [0.15, 0.2) is 0 Å². The number of carbonyl (C=O) groups excluding carboxylic acids is 1. The molecule has 0 aromatic carbocycles. The molecule has 0 spiro atoms. The van der Waals surface area contributed by atoms with Crippen molar-refractivity contribution in [2.45, 2.75) is 39.7 Å². The van der Waals surface area contributed by atoms with Crippen LogP contribution in [0.3, 0.4) is 0 Å². The Morgan fingerprint density at radius 1 is 1.43 bits per heavy atom. The molecule has 0 unspecified atom stereocenters. The van der Waals surface area contributed by atoms with Gasteiger partial charge in [0.2, 0.25) is 0 Å². The van der Waals surface area contributed by atoms with E-state index in [0.717, 1.165) is 19.4 Å². The lowest BCUT2D eigenvalue weighted by atomic mass is 10.3. The van der Waals surface area contributed by atoms with Gasteiger partial charge < -0.3 is 9.64 Å². The number of hydrogen-bond acceptors (Lipinski definition) is 2. The SMILES string of the molecule is CCN(CCCCCl)C(=O)OC(C)C. The van der Waals surface area contributed by atoms with Gasteiger partial charge >= 0.3 is 6.09 Å². The lowest BCUT2D eigenvalue weighted by molar-refractivity contribution is 0.0780. The predicted molar refractivity (Wildman–Crippen MR) is 58.8 cm³/mol. The second-order valence-electron chi connectivity index (χ2n) is 3.41. The molecule has 14 heavy (non-hydrogen) atoms. The number of unbranched alkanes of at least 4 members (excludes halogenated alkanes) is 1. The van der Waals surface area contributed by atoms with Crippen LogP contribution in [0.5, 0.6) is 0 Å². The maximum absolute atomic E-state index is 11.4. The number of carbonyl (C=O) groups is 1. The van der Waals surface area contributed by atoms with Gasteiger partial charge in [-0.2, -0.15) is 0 Å². The monoisotopic (exact) mass is 221 g/mol. The minimum Gasteiger partial charge on any atom is -0.447 e. The number of alkyl halides is 1. The van der Waals surface area contributed by atoms with Crippen LogP contribution in [0.1, 0.15) is 33.6 Å². The minimum atomic E-state index is -0.225. The zero-order valence-corrected chi connectivity index (χ0v) is 10.0. The van der Waals surface area contributed by atoms with E-state index in [9.17, 15) is 4.79 Å². The molecular formula is C10H20ClNO2. The zero-order valence-electron chi connectivity index (χ0n) is 9.25. The van der Waals surface area contributed by atoms with Crippen LogP contribution in [0, 0.1) is 0 Å². The maximum atomic E-state index is 11.4. The molecule has 1 amide bonds. The van der Waals surface area contributed by atoms with Crippen LogP contribution in [-0.2, 0) is 4.74 Å². The van der Waals surface area contributed by atoms with E-state index in [2.05, 4.69) is 0 Å². The molecule has 0 bridgehead atoms. The predicted octanol–water partition coefficient (Wildman–Crippen LogP) is 2.87. The van der Waals surface area contributed by atoms with Gasteiger partial charge in [-0.1, -0.05) is 0 Å². The van der Waals surface area contributed by atoms with E-state index in [0.29, 0.717) is 12.4 Å². The first-order valence-electron chi connectivity index (χ1n) is 5.13. The maximum Gasteiger partial charge on any atom is 0.409 e. The van der Waals surface area contributed by atoms with E-state index in [4.69, 9.17) is 16.3 Å². The lowest BCUT2D eigenvalue weighted by Crippen LogP contribution is -2.33. The molecule has 0 fully saturated rings. The van der Waals surface area contributed by atoms with Crippen LogP contribution in [0.4, 0.5) is 4.79 Å². The highest BCUT2D eigenvalue weighted by Crippen LogP contribution is 2.01. The number of nitrogens with zero attached hydrogens (tertiary/aromatic N) is 1. The third-order valence-corrected chi connectivity index (χ3v) is 2.06. The van der Waals surface area contributed by atoms with Gasteiger partial charge in [-0.15, -0.1) is 11.6 Å². The molecule has 0 saturated carbocycles. The summed E-state index contributed by atoms with van der Waals surface area (Å²) in [5.74, 6) is 0.650. The third kappa shape index (κ3) is 6.08. The molecule has 3 nitrogen and oxygen atoms in total. The van der Waals surface area contributed by atoms with E-state index >= 15 is 0 Å². The van der Waals surface area contributed by atoms with Gasteiger partial charge in [0.25, 0.3) is 0 Å². The number of rotatable bonds is 6. The van der Waals surface area contributed by atoms with Crippen molar-refractivity contribution in [1.29, 1.82) is 0 Å². The van der Waals surface area contributed by atoms with Gasteiger partial charge in [0.1, 0.15) is 0 Å². The largest absolute Gasteiger partial charge is 0.447 e. The first-order chi connectivity index (χ1) is 6.61. The van der Waals surface area contributed by atoms with Crippen molar-refractivity contribution in [1.82, 2.24) is 4.90 Å². The summed E-state index contributed by atoms with van der Waals surface area (Å²) in [6, 6.07) is 0. The van der Waals surface area contributed by atoms with Crippen molar-refractivity contribution in [2.24, 2.45) is 0 Å². The number of hydrogen-bond donors (Lipinski definition) is 0. The third-order valence-electron chi connectivity index (χ3n) is 1.79. The topological polar surface area (TPSA) is 29.5 Å². The average molecular weight is 222 g/mol. The van der Waals surface area contributed by atoms with Gasteiger partial charge in [-0.25, -0.2) is 4.79 Å². The zero-order chi connectivity index (χ0) is 11.0. The molecule has 0 atom stereocenters. The van der Waals surface area contributed by atoms with Gasteiger partial charge in [0.15, 0.2) is 0 Å². The standard InChI is InChI=1S/C10H20ClNO2/c1-4-12(8-6-5-7-11)10(13)14-9(2)3/h9H,4-8H2,1-3H3. The van der Waals surface area contributed by atoms with Crippen molar-refractivity contribution >= 4 is 17.7 Å². The Kier molecular flexibility index (Phi) is 7.67. The summed E-state index contributed by atoms with van der Waals surface area (Å²) in [4.78, 5) is 13.2. The fourth-order valence-corrected chi connectivity index (χ4v) is 1.24. The van der Waals surface area contributed by atoms with Crippen molar-refractivity contribution in [2.75, 3.05) is 19.0 Å². The van der Waals surface area contributed by atoms with Crippen LogP contribution in [-0.4, -0.2) is 36.1 Å². The second kappa shape index (κ2) is 7.92. The van der Waals surface area contributed by atoms with Crippen molar-refractivity contribution in [3.63, 3.8) is 0 Å². The quantitative estimate of drug-likeness (QED) is 0.510. The molecule has 0 aromatic heterocycles. The van der Waals surface area contributed by atoms with Crippen molar-refractivity contribution < 1.29 is 9.53 Å². The smallest absolute Gasteiger partial charge is 0.409 e. The lowest BCUT2D eigenvalue weighted by Gasteiger charge is -2.21. The van der Waals surface area contributed by atoms with E-state index in [1.807, 2.05) is 20.8 Å². The molecule has 0 aliphatic carbocycles. The van der Waals surface area contributed by atoms with Crippen LogP contribution in [0.25, 0.3) is 0 Å². The first kappa shape index (κ1) is 13.6. The summed E-state index contributed by atoms with van der Waals surface area (Å²) in [7, 11) is 0. The van der Waals surface area contributed by atoms with Gasteiger partial charge in [0, 0.05) is 19.0 Å². The highest BCUT2D eigenvalue weighted by atomic mass is 35.5. The van der Waals surface area contributed by atoms with E-state index in [1.165, 1.54) is 0 Å². The summed E-state index contributed by atoms with van der Waals surface area (Å²) in [5.41, 5.74) is 0. The summed E-state index contributed by atoms with van der Waals surface area (Å²) >= 11 is 5.56. The van der Waals surface area contributed by atoms with E-state index in [1.54, 1.807) is 4.90 Å². The van der Waals surface area contributed by atoms with Gasteiger partial charge in [0.05, 0.1) is 6.10 Å². The number of halogens is 1. The molecule has 0 aliphatic rings. The van der Waals surface area contributed by atoms with Crippen LogP contribution in [0.2, 0.25) is 0 Å². The number of amides is 1. The van der Waals surface area contributed by atoms with Crippen molar-refractivity contribution in [3.05, 3.63) is 0 Å². The summed E-state index contributed by atoms with van der Waals surface area (Å²) in [6.07, 6.45) is 1.60. The molecule has 0 aromatic rings. The van der Waals surface area contributed by atoms with Crippen LogP contribution >= 0.6 is 11.6 Å². The molecule has 4 heteroatoms. The Hall–Kier alpha value is -0.440. The normalized spacial score (nSPS) is 10.4. The molecule has 84 valence electrons. The highest BCUT2D eigenvalue weighted by Gasteiger charge is 2.13. The summed E-state index contributed by atoms with van der Waals surface area (Å²) < 4.78 is 5.09. The molecule has 0 heterocycles. The Balaban J connectivity index is 3.81. The summed E-state index contributed by atoms with van der Waals surface area (Å²) in [5, 5.41) is 0. The molecule has 0 rings (SSSR count). The van der Waals surface area contributed by atoms with Crippen LogP contribution < -0.4 is 0 Å². The Morgan fingerprint density at radius 2 is 2.07 bits per heavy atom. The highest BCUT2D eigenvalue weighted by molar-refractivity contribution is 6.17. The minimum absolute atomic E-state index is 0.0513. The number of ether oxygens (including phenoxy) is 1. The molecular weight excluding hydrogens is 202 g/mol. The Morgan fingerprint density at radius 3 is 2.50 bits per heavy atom. The van der Waals surface area contributed by atoms with Crippen molar-refractivity contribution in [3.8, 4) is 0 Å². The Labute approximate surface area is 91.4 Å². The van der Waals surface area contributed by atoms with E-state index in [-0.39, 0.29) is 12.2 Å². The fourth-order valence-electron chi connectivity index (χ4n) is 1.05. The Bertz CT molecular complexity index is 162. The average Bonchev–Trinajstić information content (AvgIpc) is 2.11. The van der Waals surface area contributed by atoms with Gasteiger partial charge in [-0.05, 0) is 33.6 Å². The molecule has 0 N–H and O–H groups in total. The molecule has 0 radical (unpaired) electrons. The summed E-state index contributed by atoms with van der Waals surface area (Å²) in [6.45, 7) is 7.07. The first-order valence-corrected chi connectivity index (χ1v) is 5.66. The van der Waals surface area contributed by atoms with E-state index < -0.39 is 0 Å². The second-order valence-corrected chi connectivity index (χ2v) is 3.79. The molecule has 0 saturated heterocycles. The fraction of sp³-hybridized carbons (Fsp3) is 0.900. The van der Waals surface area contributed by atoms with Gasteiger partial charge in [-0.3, -0.25) is 0 Å².